The summed E-state index contributed by atoms with van der Waals surface area (Å²) >= 11 is 0. The Morgan fingerprint density at radius 1 is 0.936 bits per heavy atom. The summed E-state index contributed by atoms with van der Waals surface area (Å²) in [6.07, 6.45) is 7.86. The maximum atomic E-state index is 12.9. The molecule has 0 unspecified atom stereocenters. The van der Waals surface area contributed by atoms with E-state index in [2.05, 4.69) is 45.7 Å². The third kappa shape index (κ3) is 7.87. The number of nitrogens with one attached hydrogen (secondary N) is 3. The van der Waals surface area contributed by atoms with Gasteiger partial charge in [-0.1, -0.05) is 37.0 Å². The van der Waals surface area contributed by atoms with Crippen molar-refractivity contribution in [3.05, 3.63) is 64.7 Å². The van der Waals surface area contributed by atoms with Crippen LogP contribution < -0.4 is 16.0 Å². The standard InChI is InChI=1S/C39H54N4O4/c1-38-16-13-34-33-12-10-32(44)27-31(33)9-11-35(34)36(38)14-17-39(38,46)15-2-26-47-37(45)30-7-5-29(6-8-30)28-43-24-4-20-41-22-21-40-18-3-19-42-23-25-43/h5-8,10,12,27,34-36,40-42,44,46H,3-4,9,11,13-14,16-26,28H2,1H3/t34-,35-,36+,38+,39+/m1/s1. The van der Waals surface area contributed by atoms with E-state index in [1.54, 1.807) is 0 Å². The molecule has 1 heterocycles. The van der Waals surface area contributed by atoms with Gasteiger partial charge in [0.15, 0.2) is 6.61 Å². The number of hydrogen-bond acceptors (Lipinski definition) is 8. The first-order valence-corrected chi connectivity index (χ1v) is 18.0. The van der Waals surface area contributed by atoms with Crippen LogP contribution in [0.4, 0.5) is 0 Å². The molecule has 0 spiro atoms. The van der Waals surface area contributed by atoms with Crippen molar-refractivity contribution in [3.8, 4) is 17.6 Å². The zero-order valence-electron chi connectivity index (χ0n) is 28.2. The molecule has 6 rings (SSSR count). The van der Waals surface area contributed by atoms with Gasteiger partial charge in [-0.05, 0) is 136 Å². The molecule has 0 aromatic heterocycles. The lowest BCUT2D eigenvalue weighted by Crippen LogP contribution is -2.50. The lowest BCUT2D eigenvalue weighted by molar-refractivity contribution is -0.0649. The van der Waals surface area contributed by atoms with Gasteiger partial charge in [-0.15, -0.1) is 0 Å². The summed E-state index contributed by atoms with van der Waals surface area (Å²) in [5.74, 6) is 7.60. The van der Waals surface area contributed by atoms with Crippen molar-refractivity contribution in [1.29, 1.82) is 0 Å². The molecule has 5 N–H and O–H groups in total. The van der Waals surface area contributed by atoms with Crippen LogP contribution in [0.25, 0.3) is 0 Å². The minimum atomic E-state index is -1.07. The first-order valence-electron chi connectivity index (χ1n) is 18.0. The van der Waals surface area contributed by atoms with Gasteiger partial charge >= 0.3 is 5.97 Å². The monoisotopic (exact) mass is 642 g/mol. The van der Waals surface area contributed by atoms with E-state index in [9.17, 15) is 15.0 Å². The lowest BCUT2D eigenvalue weighted by atomic mass is 9.53. The van der Waals surface area contributed by atoms with Gasteiger partial charge in [-0.3, -0.25) is 4.90 Å². The van der Waals surface area contributed by atoms with E-state index in [0.29, 0.717) is 35.5 Å². The number of carbonyl (C=O) groups excluding carboxylic acids is 1. The van der Waals surface area contributed by atoms with Crippen LogP contribution in [0, 0.1) is 29.1 Å². The SMILES string of the molecule is C[C@]12CC[C@@H]3c4ccc(O)cc4CC[C@H]3[C@@H]1CC[C@@]2(O)C#CCOC(=O)c1ccc(CN2CCCNCCNCCCNCC2)cc1. The number of benzene rings is 2. The Morgan fingerprint density at radius 2 is 1.70 bits per heavy atom. The second-order valence-corrected chi connectivity index (χ2v) is 14.5. The minimum absolute atomic E-state index is 0.0303. The lowest BCUT2D eigenvalue weighted by Gasteiger charge is -2.52. The number of aliphatic hydroxyl groups is 1. The molecule has 254 valence electrons. The predicted molar refractivity (Wildman–Crippen MR) is 185 cm³/mol. The van der Waals surface area contributed by atoms with E-state index in [1.807, 2.05) is 36.4 Å². The number of rotatable bonds is 4. The van der Waals surface area contributed by atoms with Gasteiger partial charge in [0.25, 0.3) is 0 Å². The van der Waals surface area contributed by atoms with Crippen molar-refractivity contribution in [2.75, 3.05) is 59.0 Å². The average Bonchev–Trinajstić information content (AvgIpc) is 3.34. The molecule has 8 nitrogen and oxygen atoms in total. The number of ether oxygens (including phenoxy) is 1. The Labute approximate surface area is 281 Å². The zero-order valence-corrected chi connectivity index (χ0v) is 28.2. The molecule has 4 aliphatic rings. The summed E-state index contributed by atoms with van der Waals surface area (Å²) in [5, 5.41) is 32.4. The van der Waals surface area contributed by atoms with Gasteiger partial charge in [0.05, 0.1) is 5.56 Å². The summed E-state index contributed by atoms with van der Waals surface area (Å²) in [4.78, 5) is 15.3. The highest BCUT2D eigenvalue weighted by Crippen LogP contribution is 2.64. The van der Waals surface area contributed by atoms with E-state index in [-0.39, 0.29) is 18.0 Å². The quantitative estimate of drug-likeness (QED) is 0.250. The number of phenols is 1. The number of phenolic OH excluding ortho intramolecular Hbond substituents is 1. The van der Waals surface area contributed by atoms with Crippen molar-refractivity contribution in [2.24, 2.45) is 17.3 Å². The summed E-state index contributed by atoms with van der Waals surface area (Å²) in [7, 11) is 0. The number of carbonyl (C=O) groups is 1. The van der Waals surface area contributed by atoms with Gasteiger partial charge in [0, 0.05) is 38.1 Å². The van der Waals surface area contributed by atoms with Gasteiger partial charge in [-0.25, -0.2) is 4.79 Å². The molecule has 0 radical (unpaired) electrons. The second kappa shape index (κ2) is 15.5. The molecule has 2 aromatic rings. The number of fused-ring (bicyclic) bond motifs is 5. The molecule has 0 amide bonds. The van der Waals surface area contributed by atoms with Crippen molar-refractivity contribution in [3.63, 3.8) is 0 Å². The van der Waals surface area contributed by atoms with Crippen molar-refractivity contribution >= 4 is 5.97 Å². The molecule has 47 heavy (non-hydrogen) atoms. The van der Waals surface area contributed by atoms with E-state index >= 15 is 0 Å². The van der Waals surface area contributed by atoms with Crippen LogP contribution in [0.5, 0.6) is 5.75 Å². The molecule has 8 heteroatoms. The Hall–Kier alpha value is -2.93. The van der Waals surface area contributed by atoms with E-state index < -0.39 is 5.60 Å². The topological polar surface area (TPSA) is 106 Å². The summed E-state index contributed by atoms with van der Waals surface area (Å²) in [5.41, 5.74) is 3.02. The fraction of sp³-hybridized carbons (Fsp3) is 0.615. The Balaban J connectivity index is 1.00. The smallest absolute Gasteiger partial charge is 0.339 e. The fourth-order valence-corrected chi connectivity index (χ4v) is 8.99. The molecule has 0 bridgehead atoms. The van der Waals surface area contributed by atoms with Crippen molar-refractivity contribution < 1.29 is 19.7 Å². The number of hydrogen-bond donors (Lipinski definition) is 5. The molecule has 2 saturated carbocycles. The third-order valence-electron chi connectivity index (χ3n) is 11.6. The van der Waals surface area contributed by atoms with Crippen LogP contribution >= 0.6 is 0 Å². The van der Waals surface area contributed by atoms with Gasteiger partial charge in [0.2, 0.25) is 0 Å². The van der Waals surface area contributed by atoms with E-state index in [4.69, 9.17) is 4.74 Å². The summed E-state index contributed by atoms with van der Waals surface area (Å²) < 4.78 is 5.55. The first kappa shape index (κ1) is 34.0. The number of nitrogens with zero attached hydrogens (tertiary/aromatic N) is 1. The summed E-state index contributed by atoms with van der Waals surface area (Å²) in [6, 6.07) is 13.6. The average molecular weight is 643 g/mol. The Kier molecular flexibility index (Phi) is 11.2. The largest absolute Gasteiger partial charge is 0.508 e. The van der Waals surface area contributed by atoms with Crippen molar-refractivity contribution in [1.82, 2.24) is 20.9 Å². The van der Waals surface area contributed by atoms with Gasteiger partial charge in [-0.2, -0.15) is 0 Å². The predicted octanol–water partition coefficient (Wildman–Crippen LogP) is 4.20. The third-order valence-corrected chi connectivity index (χ3v) is 11.6. The van der Waals surface area contributed by atoms with Crippen LogP contribution in [0.2, 0.25) is 0 Å². The Bertz CT molecular complexity index is 1410. The van der Waals surface area contributed by atoms with Gasteiger partial charge < -0.3 is 30.9 Å². The first-order chi connectivity index (χ1) is 22.9. The van der Waals surface area contributed by atoms with Gasteiger partial charge in [0.1, 0.15) is 11.4 Å². The molecule has 1 saturated heterocycles. The zero-order chi connectivity index (χ0) is 32.7. The van der Waals surface area contributed by atoms with Crippen molar-refractivity contribution in [2.45, 2.75) is 76.4 Å². The molecule has 5 atom stereocenters. The van der Waals surface area contributed by atoms with E-state index in [0.717, 1.165) is 104 Å². The number of aromatic hydroxyl groups is 1. The summed E-state index contributed by atoms with van der Waals surface area (Å²) in [6.45, 7) is 11.1. The second-order valence-electron chi connectivity index (χ2n) is 14.5. The molecule has 1 aliphatic heterocycles. The number of esters is 1. The molecular weight excluding hydrogens is 588 g/mol. The highest BCUT2D eigenvalue weighted by Gasteiger charge is 2.61. The normalized spacial score (nSPS) is 30.5. The Morgan fingerprint density at radius 3 is 2.51 bits per heavy atom. The molecule has 2 aromatic carbocycles. The highest BCUT2D eigenvalue weighted by atomic mass is 16.5. The maximum Gasteiger partial charge on any atom is 0.339 e. The minimum Gasteiger partial charge on any atom is -0.508 e. The fourth-order valence-electron chi connectivity index (χ4n) is 8.99. The highest BCUT2D eigenvalue weighted by molar-refractivity contribution is 5.89. The van der Waals surface area contributed by atoms with E-state index in [1.165, 1.54) is 16.7 Å². The molecule has 3 fully saturated rings. The van der Waals surface area contributed by atoms with Crippen LogP contribution in [-0.4, -0.2) is 85.6 Å². The van der Waals surface area contributed by atoms with Crippen LogP contribution in [0.3, 0.4) is 0 Å². The number of aryl methyl sites for hydroxylation is 1. The molecule has 3 aliphatic carbocycles. The molecular formula is C39H54N4O4. The van der Waals surface area contributed by atoms with Crippen LogP contribution in [-0.2, 0) is 17.7 Å². The van der Waals surface area contributed by atoms with Crippen LogP contribution in [0.15, 0.2) is 42.5 Å². The van der Waals surface area contributed by atoms with Crippen LogP contribution in [0.1, 0.15) is 84.8 Å². The maximum absolute atomic E-state index is 12.9.